The normalized spacial score (nSPS) is 11.5. The highest BCUT2D eigenvalue weighted by Crippen LogP contribution is 2.24. The van der Waals surface area contributed by atoms with E-state index in [-0.39, 0.29) is 11.2 Å². The van der Waals surface area contributed by atoms with Crippen LogP contribution in [0.25, 0.3) is 0 Å². The molecule has 21 heavy (non-hydrogen) atoms. The van der Waals surface area contributed by atoms with Gasteiger partial charge in [-0.2, -0.15) is 0 Å². The maximum absolute atomic E-state index is 13.3. The van der Waals surface area contributed by atoms with Crippen LogP contribution in [-0.4, -0.2) is 0 Å². The topological polar surface area (TPSA) is 35.2 Å². The summed E-state index contributed by atoms with van der Waals surface area (Å²) >= 11 is 0. The molecule has 2 rings (SSSR count). The van der Waals surface area contributed by atoms with Crippen molar-refractivity contribution in [1.82, 2.24) is 0 Å². The third-order valence-corrected chi connectivity index (χ3v) is 3.50. The highest BCUT2D eigenvalue weighted by atomic mass is 19.1. The minimum atomic E-state index is -0.270. The van der Waals surface area contributed by atoms with Crippen LogP contribution >= 0.6 is 0 Å². The number of nitrogens with two attached hydrogens (primary N) is 1. The van der Waals surface area contributed by atoms with Crippen molar-refractivity contribution in [2.75, 3.05) is 0 Å². The molecule has 0 aromatic heterocycles. The Labute approximate surface area is 125 Å². The minimum absolute atomic E-state index is 0.119. The second-order valence-electron chi connectivity index (χ2n) is 6.18. The van der Waals surface area contributed by atoms with Crippen molar-refractivity contribution in [2.45, 2.75) is 39.3 Å². The summed E-state index contributed by atoms with van der Waals surface area (Å²) in [5, 5.41) is 0. The molecule has 3 heteroatoms. The third kappa shape index (κ3) is 4.05. The van der Waals surface area contributed by atoms with Gasteiger partial charge >= 0.3 is 0 Å². The van der Waals surface area contributed by atoms with Gasteiger partial charge in [-0.25, -0.2) is 4.39 Å². The van der Waals surface area contributed by atoms with Crippen molar-refractivity contribution in [3.05, 3.63) is 65.0 Å². The molecule has 112 valence electrons. The van der Waals surface area contributed by atoms with Gasteiger partial charge in [-0.3, -0.25) is 0 Å². The van der Waals surface area contributed by atoms with E-state index < -0.39 is 0 Å². The Morgan fingerprint density at radius 2 is 1.67 bits per heavy atom. The van der Waals surface area contributed by atoms with Crippen LogP contribution < -0.4 is 10.5 Å². The minimum Gasteiger partial charge on any atom is -0.489 e. The number of halogens is 1. The Balaban J connectivity index is 2.08. The van der Waals surface area contributed by atoms with Gasteiger partial charge in [-0.15, -0.1) is 0 Å². The lowest BCUT2D eigenvalue weighted by Crippen LogP contribution is -2.10. The van der Waals surface area contributed by atoms with Crippen molar-refractivity contribution in [1.29, 1.82) is 0 Å². The van der Waals surface area contributed by atoms with Crippen molar-refractivity contribution >= 4 is 0 Å². The van der Waals surface area contributed by atoms with Gasteiger partial charge in [0, 0.05) is 6.54 Å². The van der Waals surface area contributed by atoms with E-state index in [2.05, 4.69) is 32.9 Å². The molecule has 2 N–H and O–H groups in total. The Kier molecular flexibility index (Phi) is 4.63. The summed E-state index contributed by atoms with van der Waals surface area (Å²) in [7, 11) is 0. The number of hydrogen-bond acceptors (Lipinski definition) is 2. The standard InChI is InChI=1S/C18H22FNO/c1-18(2,3)15-5-8-17(9-6-15)21-12-14-10-16(19)7-4-13(14)11-20/h4-10H,11-12,20H2,1-3H3. The highest BCUT2D eigenvalue weighted by Gasteiger charge is 2.13. The van der Waals surface area contributed by atoms with Gasteiger partial charge in [-0.1, -0.05) is 39.0 Å². The number of hydrogen-bond donors (Lipinski definition) is 1. The molecular weight excluding hydrogens is 265 g/mol. The molecule has 0 bridgehead atoms. The van der Waals surface area contributed by atoms with Crippen LogP contribution in [-0.2, 0) is 18.6 Å². The molecule has 0 radical (unpaired) electrons. The SMILES string of the molecule is CC(C)(C)c1ccc(OCc2cc(F)ccc2CN)cc1. The average molecular weight is 287 g/mol. The first kappa shape index (κ1) is 15.5. The largest absolute Gasteiger partial charge is 0.489 e. The summed E-state index contributed by atoms with van der Waals surface area (Å²) in [6.45, 7) is 7.20. The summed E-state index contributed by atoms with van der Waals surface area (Å²) in [5.41, 5.74) is 8.73. The molecule has 0 saturated heterocycles. The Hall–Kier alpha value is -1.87. The molecular formula is C18H22FNO. The predicted octanol–water partition coefficient (Wildman–Crippen LogP) is 4.16. The lowest BCUT2D eigenvalue weighted by atomic mass is 9.87. The van der Waals surface area contributed by atoms with E-state index in [9.17, 15) is 4.39 Å². The number of rotatable bonds is 4. The number of benzene rings is 2. The van der Waals surface area contributed by atoms with Crippen molar-refractivity contribution < 1.29 is 9.13 Å². The zero-order valence-electron chi connectivity index (χ0n) is 12.8. The van der Waals surface area contributed by atoms with Gasteiger partial charge in [0.25, 0.3) is 0 Å². The van der Waals surface area contributed by atoms with Crippen LogP contribution in [0.2, 0.25) is 0 Å². The fraction of sp³-hybridized carbons (Fsp3) is 0.333. The molecule has 0 amide bonds. The lowest BCUT2D eigenvalue weighted by molar-refractivity contribution is 0.304. The second kappa shape index (κ2) is 6.27. The van der Waals surface area contributed by atoms with Crippen molar-refractivity contribution in [3.63, 3.8) is 0 Å². The van der Waals surface area contributed by atoms with Gasteiger partial charge < -0.3 is 10.5 Å². The van der Waals surface area contributed by atoms with Gasteiger partial charge in [0.2, 0.25) is 0 Å². The zero-order valence-corrected chi connectivity index (χ0v) is 12.8. The van der Waals surface area contributed by atoms with Crippen LogP contribution in [0.5, 0.6) is 5.75 Å². The Morgan fingerprint density at radius 3 is 2.24 bits per heavy atom. The maximum Gasteiger partial charge on any atom is 0.123 e. The summed E-state index contributed by atoms with van der Waals surface area (Å²) in [4.78, 5) is 0. The van der Waals surface area contributed by atoms with Crippen LogP contribution in [0.4, 0.5) is 4.39 Å². The van der Waals surface area contributed by atoms with Gasteiger partial charge in [0.15, 0.2) is 0 Å². The zero-order chi connectivity index (χ0) is 15.5. The van der Waals surface area contributed by atoms with E-state index >= 15 is 0 Å². The van der Waals surface area contributed by atoms with Crippen LogP contribution in [0, 0.1) is 5.82 Å². The Bertz CT molecular complexity index is 600. The molecule has 0 heterocycles. The van der Waals surface area contributed by atoms with Crippen LogP contribution in [0.3, 0.4) is 0 Å². The third-order valence-electron chi connectivity index (χ3n) is 3.50. The summed E-state index contributed by atoms with van der Waals surface area (Å²) in [5.74, 6) is 0.504. The van der Waals surface area contributed by atoms with E-state index in [0.29, 0.717) is 13.2 Å². The molecule has 2 nitrogen and oxygen atoms in total. The van der Waals surface area contributed by atoms with Crippen molar-refractivity contribution in [2.24, 2.45) is 5.73 Å². The highest BCUT2D eigenvalue weighted by molar-refractivity contribution is 5.32. The molecule has 0 aliphatic rings. The maximum atomic E-state index is 13.3. The quantitative estimate of drug-likeness (QED) is 0.916. The van der Waals surface area contributed by atoms with Crippen LogP contribution in [0.15, 0.2) is 42.5 Å². The average Bonchev–Trinajstić information content (AvgIpc) is 2.45. The molecule has 0 spiro atoms. The molecule has 2 aromatic rings. The Morgan fingerprint density at radius 1 is 1.00 bits per heavy atom. The number of ether oxygens (including phenoxy) is 1. The summed E-state index contributed by atoms with van der Waals surface area (Å²) in [6.07, 6.45) is 0. The summed E-state index contributed by atoms with van der Waals surface area (Å²) < 4.78 is 19.0. The molecule has 0 aliphatic carbocycles. The molecule has 0 saturated carbocycles. The molecule has 0 fully saturated rings. The van der Waals surface area contributed by atoms with E-state index in [4.69, 9.17) is 10.5 Å². The predicted molar refractivity (Wildman–Crippen MR) is 83.8 cm³/mol. The van der Waals surface area contributed by atoms with Gasteiger partial charge in [0.1, 0.15) is 18.2 Å². The molecule has 0 atom stereocenters. The van der Waals surface area contributed by atoms with Gasteiger partial charge in [-0.05, 0) is 46.4 Å². The fourth-order valence-electron chi connectivity index (χ4n) is 2.14. The second-order valence-corrected chi connectivity index (χ2v) is 6.18. The monoisotopic (exact) mass is 287 g/mol. The van der Waals surface area contributed by atoms with Gasteiger partial charge in [0.05, 0.1) is 0 Å². The lowest BCUT2D eigenvalue weighted by Gasteiger charge is -2.19. The molecule has 0 unspecified atom stereocenters. The van der Waals surface area contributed by atoms with E-state index in [1.165, 1.54) is 17.7 Å². The van der Waals surface area contributed by atoms with Crippen molar-refractivity contribution in [3.8, 4) is 5.75 Å². The van der Waals surface area contributed by atoms with E-state index in [1.807, 2.05) is 12.1 Å². The molecule has 0 aliphatic heterocycles. The summed E-state index contributed by atoms with van der Waals surface area (Å²) in [6, 6.07) is 12.6. The van der Waals surface area contributed by atoms with Crippen LogP contribution in [0.1, 0.15) is 37.5 Å². The smallest absolute Gasteiger partial charge is 0.123 e. The first-order chi connectivity index (χ1) is 9.90. The van der Waals surface area contributed by atoms with E-state index in [1.54, 1.807) is 6.07 Å². The molecule has 2 aromatic carbocycles. The van der Waals surface area contributed by atoms with E-state index in [0.717, 1.165) is 16.9 Å². The fourth-order valence-corrected chi connectivity index (χ4v) is 2.14. The first-order valence-corrected chi connectivity index (χ1v) is 7.11. The first-order valence-electron chi connectivity index (χ1n) is 7.11.